The van der Waals surface area contributed by atoms with E-state index in [1.54, 1.807) is 34.1 Å². The van der Waals surface area contributed by atoms with Gasteiger partial charge in [-0.05, 0) is 38.2 Å². The van der Waals surface area contributed by atoms with E-state index in [-0.39, 0.29) is 23.8 Å². The van der Waals surface area contributed by atoms with Crippen molar-refractivity contribution >= 4 is 45.2 Å². The summed E-state index contributed by atoms with van der Waals surface area (Å²) in [4.78, 5) is 45.1. The molecule has 148 valence electrons. The van der Waals surface area contributed by atoms with Gasteiger partial charge in [-0.2, -0.15) is 0 Å². The average Bonchev–Trinajstić information content (AvgIpc) is 3.22. The van der Waals surface area contributed by atoms with Crippen LogP contribution in [0.1, 0.15) is 30.2 Å². The van der Waals surface area contributed by atoms with E-state index < -0.39 is 5.97 Å². The van der Waals surface area contributed by atoms with Crippen LogP contribution in [-0.2, 0) is 33.7 Å². The molecule has 3 heterocycles. The molecule has 0 N–H and O–H groups in total. The Kier molecular flexibility index (Phi) is 5.54. The second kappa shape index (κ2) is 8.08. The minimum Gasteiger partial charge on any atom is -0.463 e. The number of thiophene rings is 1. The lowest BCUT2D eigenvalue weighted by Crippen LogP contribution is -2.32. The second-order valence-electron chi connectivity index (χ2n) is 6.70. The third kappa shape index (κ3) is 3.60. The smallest absolute Gasteiger partial charge is 0.333 e. The number of fused-ring (bicyclic) bond motifs is 3. The van der Waals surface area contributed by atoms with Crippen molar-refractivity contribution in [2.45, 2.75) is 39.2 Å². The fourth-order valence-electron chi connectivity index (χ4n) is 3.60. The van der Waals surface area contributed by atoms with E-state index in [0.29, 0.717) is 18.1 Å². The van der Waals surface area contributed by atoms with Gasteiger partial charge >= 0.3 is 5.97 Å². The normalized spacial score (nSPS) is 18.1. The summed E-state index contributed by atoms with van der Waals surface area (Å²) in [5, 5.41) is 1.31. The molecule has 0 saturated carbocycles. The zero-order chi connectivity index (χ0) is 19.7. The number of rotatable bonds is 5. The molecule has 0 radical (unpaired) electrons. The Balaban J connectivity index is 1.56. The van der Waals surface area contributed by atoms with E-state index in [2.05, 4.69) is 4.98 Å². The maximum atomic E-state index is 13.0. The second-order valence-corrected chi connectivity index (χ2v) is 8.78. The maximum Gasteiger partial charge on any atom is 0.333 e. The summed E-state index contributed by atoms with van der Waals surface area (Å²) < 4.78 is 6.50. The van der Waals surface area contributed by atoms with Crippen LogP contribution < -0.4 is 5.56 Å². The van der Waals surface area contributed by atoms with Gasteiger partial charge in [0.25, 0.3) is 5.56 Å². The van der Waals surface area contributed by atoms with E-state index in [0.717, 1.165) is 35.0 Å². The number of hydrogen-bond donors (Lipinski definition) is 0. The fraction of sp³-hybridized carbons (Fsp3) is 0.474. The number of carbonyl (C=O) groups is 2. The molecule has 2 aliphatic rings. The lowest BCUT2D eigenvalue weighted by Gasteiger charge is -2.17. The van der Waals surface area contributed by atoms with Gasteiger partial charge < -0.3 is 9.64 Å². The summed E-state index contributed by atoms with van der Waals surface area (Å²) in [6.45, 7) is 2.67. The number of nitrogens with zero attached hydrogens (tertiary/aromatic N) is 3. The highest BCUT2D eigenvalue weighted by molar-refractivity contribution is 8.04. The molecule has 9 heteroatoms. The van der Waals surface area contributed by atoms with Gasteiger partial charge in [0.2, 0.25) is 5.91 Å². The molecule has 1 fully saturated rings. The molecular weight excluding hydrogens is 398 g/mol. The first-order chi connectivity index (χ1) is 13.6. The molecule has 0 bridgehead atoms. The summed E-state index contributed by atoms with van der Waals surface area (Å²) >= 11 is 2.94. The number of carbonyl (C=O) groups excluding carboxylic acids is 2. The zero-order valence-corrected chi connectivity index (χ0v) is 17.2. The summed E-state index contributed by atoms with van der Waals surface area (Å²) in [6.07, 6.45) is 7.14. The minimum absolute atomic E-state index is 0.0420. The lowest BCUT2D eigenvalue weighted by molar-refractivity contribution is -0.137. The van der Waals surface area contributed by atoms with Crippen LogP contribution in [-0.4, -0.2) is 45.2 Å². The highest BCUT2D eigenvalue weighted by atomic mass is 32.2. The topological polar surface area (TPSA) is 81.5 Å². The van der Waals surface area contributed by atoms with Crippen LogP contribution in [0.3, 0.4) is 0 Å². The van der Waals surface area contributed by atoms with Crippen molar-refractivity contribution in [1.82, 2.24) is 14.5 Å². The monoisotopic (exact) mass is 419 g/mol. The molecule has 2 aromatic heterocycles. The summed E-state index contributed by atoms with van der Waals surface area (Å²) in [5.41, 5.74) is 1.12. The average molecular weight is 420 g/mol. The highest BCUT2D eigenvalue weighted by Gasteiger charge is 2.27. The number of aromatic nitrogens is 2. The van der Waals surface area contributed by atoms with E-state index in [9.17, 15) is 14.4 Å². The number of ether oxygens (including phenoxy) is 1. The first-order valence-corrected chi connectivity index (χ1v) is 11.2. The predicted octanol–water partition coefficient (Wildman–Crippen LogP) is 2.32. The van der Waals surface area contributed by atoms with Gasteiger partial charge in [0.15, 0.2) is 0 Å². The third-order valence-corrected chi connectivity index (χ3v) is 7.17. The molecule has 7 nitrogen and oxygen atoms in total. The summed E-state index contributed by atoms with van der Waals surface area (Å²) in [6, 6.07) is 0. The Bertz CT molecular complexity index is 1020. The third-order valence-electron chi connectivity index (χ3n) is 4.94. The Hall–Kier alpha value is -2.13. The van der Waals surface area contributed by atoms with E-state index in [1.165, 1.54) is 29.1 Å². The molecule has 1 saturated heterocycles. The fourth-order valence-corrected chi connectivity index (χ4v) is 5.78. The van der Waals surface area contributed by atoms with Crippen molar-refractivity contribution in [3.63, 3.8) is 0 Å². The van der Waals surface area contributed by atoms with Gasteiger partial charge in [0.1, 0.15) is 4.83 Å². The van der Waals surface area contributed by atoms with Crippen LogP contribution in [0.4, 0.5) is 0 Å². The van der Waals surface area contributed by atoms with Gasteiger partial charge in [-0.25, -0.2) is 9.78 Å². The quantitative estimate of drug-likeness (QED) is 0.547. The highest BCUT2D eigenvalue weighted by Crippen LogP contribution is 2.33. The first-order valence-electron chi connectivity index (χ1n) is 9.39. The van der Waals surface area contributed by atoms with Gasteiger partial charge in [-0.3, -0.25) is 14.2 Å². The van der Waals surface area contributed by atoms with E-state index in [1.807, 2.05) is 0 Å². The van der Waals surface area contributed by atoms with Crippen molar-refractivity contribution in [2.24, 2.45) is 0 Å². The molecule has 0 atom stereocenters. The van der Waals surface area contributed by atoms with Crippen LogP contribution in [0.25, 0.3) is 10.2 Å². The van der Waals surface area contributed by atoms with Gasteiger partial charge in [0, 0.05) is 18.0 Å². The molecule has 1 aliphatic heterocycles. The van der Waals surface area contributed by atoms with Crippen molar-refractivity contribution in [3.05, 3.63) is 38.2 Å². The summed E-state index contributed by atoms with van der Waals surface area (Å²) in [5.74, 6) is -0.250. The van der Waals surface area contributed by atoms with Gasteiger partial charge in [0.05, 0.1) is 35.2 Å². The SMILES string of the molecule is CCOC(=O)/C=C1\SCC(=O)N1CCn1cnc2sc3c(c2c1=O)CCCC3. The van der Waals surface area contributed by atoms with Crippen molar-refractivity contribution in [2.75, 3.05) is 18.9 Å². The van der Waals surface area contributed by atoms with E-state index in [4.69, 9.17) is 4.74 Å². The Morgan fingerprint density at radius 1 is 1.29 bits per heavy atom. The van der Waals surface area contributed by atoms with E-state index >= 15 is 0 Å². The molecule has 2 aromatic rings. The van der Waals surface area contributed by atoms with Crippen LogP contribution in [0.2, 0.25) is 0 Å². The standard InChI is InChI=1S/C19H21N3O4S2/c1-2-26-16(24)9-15-22(14(23)10-27-15)8-7-21-11-20-18-17(19(21)25)12-5-3-4-6-13(12)28-18/h9,11H,2-8,10H2,1H3/b15-9-. The number of hydrogen-bond acceptors (Lipinski definition) is 7. The van der Waals surface area contributed by atoms with Crippen LogP contribution in [0.5, 0.6) is 0 Å². The maximum absolute atomic E-state index is 13.0. The number of esters is 1. The molecule has 4 rings (SSSR count). The molecule has 0 aromatic carbocycles. The number of amides is 1. The Morgan fingerprint density at radius 3 is 2.93 bits per heavy atom. The lowest BCUT2D eigenvalue weighted by atomic mass is 9.97. The van der Waals surface area contributed by atoms with Crippen molar-refractivity contribution < 1.29 is 14.3 Å². The molecule has 28 heavy (non-hydrogen) atoms. The number of thioether (sulfide) groups is 1. The predicted molar refractivity (Wildman–Crippen MR) is 109 cm³/mol. The molecule has 1 amide bonds. The van der Waals surface area contributed by atoms with Crippen molar-refractivity contribution in [1.29, 1.82) is 0 Å². The first kappa shape index (κ1) is 19.2. The molecular formula is C19H21N3O4S2. The van der Waals surface area contributed by atoms with Crippen LogP contribution >= 0.6 is 23.1 Å². The Morgan fingerprint density at radius 2 is 2.11 bits per heavy atom. The zero-order valence-electron chi connectivity index (χ0n) is 15.6. The minimum atomic E-state index is -0.463. The van der Waals surface area contributed by atoms with Gasteiger partial charge in [-0.15, -0.1) is 11.3 Å². The van der Waals surface area contributed by atoms with Crippen molar-refractivity contribution in [3.8, 4) is 0 Å². The number of aryl methyl sites for hydroxylation is 2. The van der Waals surface area contributed by atoms with Crippen LogP contribution in [0.15, 0.2) is 22.2 Å². The Labute approximate surface area is 170 Å². The summed E-state index contributed by atoms with van der Waals surface area (Å²) in [7, 11) is 0. The molecule has 1 aliphatic carbocycles. The van der Waals surface area contributed by atoms with Crippen LogP contribution in [0, 0.1) is 0 Å². The molecule has 0 unspecified atom stereocenters. The largest absolute Gasteiger partial charge is 0.463 e. The van der Waals surface area contributed by atoms with Gasteiger partial charge in [-0.1, -0.05) is 11.8 Å². The molecule has 0 spiro atoms.